The molecule has 1 atom stereocenters. The molecule has 1 unspecified atom stereocenters. The normalized spacial score (nSPS) is 12.6. The summed E-state index contributed by atoms with van der Waals surface area (Å²) in [7, 11) is 0. The molecule has 0 amide bonds. The SMILES string of the molecule is O=C(c1c(F)cc(Br)cc1F)C(Br)CBr. The lowest BCUT2D eigenvalue weighted by molar-refractivity contribution is 0.0989. The summed E-state index contributed by atoms with van der Waals surface area (Å²) in [6.07, 6.45) is 0. The fourth-order valence-corrected chi connectivity index (χ4v) is 1.93. The number of benzene rings is 1. The summed E-state index contributed by atoms with van der Waals surface area (Å²) in [5.41, 5.74) is -0.514. The molecule has 0 heterocycles. The fourth-order valence-electron chi connectivity index (χ4n) is 1.00. The standard InChI is InChI=1S/C9H5Br3F2O/c10-3-5(12)9(15)8-6(13)1-4(11)2-7(8)14/h1-2,5H,3H2. The predicted molar refractivity (Wildman–Crippen MR) is 64.9 cm³/mol. The second kappa shape index (κ2) is 5.50. The van der Waals surface area contributed by atoms with E-state index in [9.17, 15) is 13.6 Å². The van der Waals surface area contributed by atoms with Gasteiger partial charge in [0.2, 0.25) is 0 Å². The molecule has 0 saturated carbocycles. The Morgan fingerprint density at radius 3 is 2.20 bits per heavy atom. The zero-order valence-corrected chi connectivity index (χ0v) is 12.0. The maximum absolute atomic E-state index is 13.3. The van der Waals surface area contributed by atoms with Gasteiger partial charge in [-0.15, -0.1) is 0 Å². The minimum absolute atomic E-state index is 0.263. The topological polar surface area (TPSA) is 17.1 Å². The monoisotopic (exact) mass is 404 g/mol. The zero-order chi connectivity index (χ0) is 11.6. The van der Waals surface area contributed by atoms with Gasteiger partial charge in [0.1, 0.15) is 11.6 Å². The van der Waals surface area contributed by atoms with Gasteiger partial charge in [-0.2, -0.15) is 0 Å². The van der Waals surface area contributed by atoms with Gasteiger partial charge < -0.3 is 0 Å². The lowest BCUT2D eigenvalue weighted by Gasteiger charge is -2.07. The molecule has 0 bridgehead atoms. The zero-order valence-electron chi connectivity index (χ0n) is 7.24. The lowest BCUT2D eigenvalue weighted by atomic mass is 10.1. The van der Waals surface area contributed by atoms with Crippen LogP contribution in [0.15, 0.2) is 16.6 Å². The first kappa shape index (κ1) is 13.3. The number of Topliss-reactive ketones (excluding diaryl/α,β-unsaturated/α-hetero) is 1. The van der Waals surface area contributed by atoms with Crippen LogP contribution >= 0.6 is 47.8 Å². The molecule has 0 spiro atoms. The van der Waals surface area contributed by atoms with E-state index in [1.165, 1.54) is 0 Å². The van der Waals surface area contributed by atoms with Gasteiger partial charge in [0, 0.05) is 9.80 Å². The van der Waals surface area contributed by atoms with Crippen molar-refractivity contribution in [1.29, 1.82) is 0 Å². The van der Waals surface area contributed by atoms with E-state index >= 15 is 0 Å². The highest BCUT2D eigenvalue weighted by Crippen LogP contribution is 2.22. The van der Waals surface area contributed by atoms with Crippen LogP contribution in [0.25, 0.3) is 0 Å². The molecule has 15 heavy (non-hydrogen) atoms. The van der Waals surface area contributed by atoms with Crippen LogP contribution in [0.5, 0.6) is 0 Å². The molecule has 0 N–H and O–H groups in total. The molecule has 0 radical (unpaired) electrons. The first-order chi connectivity index (χ1) is 6.97. The molecule has 0 aliphatic carbocycles. The van der Waals surface area contributed by atoms with E-state index in [0.717, 1.165) is 12.1 Å². The second-order valence-corrected chi connectivity index (χ2v) is 5.40. The van der Waals surface area contributed by atoms with Gasteiger partial charge in [0.25, 0.3) is 0 Å². The summed E-state index contributed by atoms with van der Waals surface area (Å²) in [4.78, 5) is 10.9. The summed E-state index contributed by atoms with van der Waals surface area (Å²) in [5.74, 6) is -2.34. The average molecular weight is 407 g/mol. The van der Waals surface area contributed by atoms with Crippen LogP contribution in [-0.2, 0) is 0 Å². The van der Waals surface area contributed by atoms with Crippen molar-refractivity contribution in [3.05, 3.63) is 33.8 Å². The minimum atomic E-state index is -0.864. The van der Waals surface area contributed by atoms with Gasteiger partial charge in [-0.1, -0.05) is 47.8 Å². The van der Waals surface area contributed by atoms with E-state index in [4.69, 9.17) is 0 Å². The van der Waals surface area contributed by atoms with Gasteiger partial charge in [-0.25, -0.2) is 8.78 Å². The van der Waals surface area contributed by atoms with Gasteiger partial charge >= 0.3 is 0 Å². The third-order valence-electron chi connectivity index (χ3n) is 1.67. The first-order valence-corrected chi connectivity index (χ1v) is 6.69. The Kier molecular flexibility index (Phi) is 4.86. The van der Waals surface area contributed by atoms with Crippen molar-refractivity contribution in [2.24, 2.45) is 0 Å². The Labute approximate surface area is 111 Å². The third-order valence-corrected chi connectivity index (χ3v) is 4.39. The van der Waals surface area contributed by atoms with Crippen molar-refractivity contribution in [3.8, 4) is 0 Å². The molecular formula is C9H5Br3F2O. The number of carbonyl (C=O) groups is 1. The average Bonchev–Trinajstić information content (AvgIpc) is 2.14. The molecule has 0 fully saturated rings. The third kappa shape index (κ3) is 3.07. The van der Waals surface area contributed by atoms with E-state index in [1.54, 1.807) is 0 Å². The number of halogens is 5. The molecule has 0 saturated heterocycles. The van der Waals surface area contributed by atoms with Crippen molar-refractivity contribution in [2.45, 2.75) is 4.83 Å². The molecular weight excluding hydrogens is 402 g/mol. The smallest absolute Gasteiger partial charge is 0.183 e. The van der Waals surface area contributed by atoms with Crippen LogP contribution in [-0.4, -0.2) is 15.9 Å². The van der Waals surface area contributed by atoms with Crippen LogP contribution < -0.4 is 0 Å². The Hall–Kier alpha value is 0.190. The van der Waals surface area contributed by atoms with Crippen LogP contribution in [0.1, 0.15) is 10.4 Å². The predicted octanol–water partition coefficient (Wildman–Crippen LogP) is 4.07. The highest BCUT2D eigenvalue weighted by Gasteiger charge is 2.23. The number of hydrogen-bond donors (Lipinski definition) is 0. The van der Waals surface area contributed by atoms with E-state index in [1.807, 2.05) is 0 Å². The van der Waals surface area contributed by atoms with Gasteiger partial charge in [-0.05, 0) is 12.1 Å². The van der Waals surface area contributed by atoms with Crippen molar-refractivity contribution in [3.63, 3.8) is 0 Å². The largest absolute Gasteiger partial charge is 0.293 e. The molecule has 1 nitrogen and oxygen atoms in total. The van der Waals surface area contributed by atoms with Crippen LogP contribution in [0.3, 0.4) is 0 Å². The van der Waals surface area contributed by atoms with E-state index in [-0.39, 0.29) is 4.47 Å². The van der Waals surface area contributed by atoms with E-state index in [2.05, 4.69) is 47.8 Å². The summed E-state index contributed by atoms with van der Waals surface area (Å²) >= 11 is 9.02. The van der Waals surface area contributed by atoms with Gasteiger partial charge in [-0.3, -0.25) is 4.79 Å². The fraction of sp³-hybridized carbons (Fsp3) is 0.222. The highest BCUT2D eigenvalue weighted by molar-refractivity contribution is 9.12. The number of carbonyl (C=O) groups excluding carboxylic acids is 1. The number of rotatable bonds is 3. The van der Waals surface area contributed by atoms with Crippen molar-refractivity contribution < 1.29 is 13.6 Å². The van der Waals surface area contributed by atoms with Gasteiger partial charge in [0.15, 0.2) is 5.78 Å². The Morgan fingerprint density at radius 1 is 1.33 bits per heavy atom. The summed E-state index contributed by atoms with van der Waals surface area (Å²) in [5, 5.41) is 0.292. The van der Waals surface area contributed by atoms with Crippen molar-refractivity contribution in [2.75, 3.05) is 5.33 Å². The molecule has 0 aliphatic rings. The minimum Gasteiger partial charge on any atom is -0.293 e. The Morgan fingerprint density at radius 2 is 1.80 bits per heavy atom. The lowest BCUT2D eigenvalue weighted by Crippen LogP contribution is -2.18. The molecule has 1 aromatic rings. The molecule has 0 aliphatic heterocycles. The molecule has 1 rings (SSSR count). The number of hydrogen-bond acceptors (Lipinski definition) is 1. The Balaban J connectivity index is 3.20. The number of ketones is 1. The van der Waals surface area contributed by atoms with Gasteiger partial charge in [0.05, 0.1) is 10.4 Å². The molecule has 82 valence electrons. The van der Waals surface area contributed by atoms with Crippen molar-refractivity contribution >= 4 is 53.6 Å². The first-order valence-electron chi connectivity index (χ1n) is 3.86. The van der Waals surface area contributed by atoms with E-state index in [0.29, 0.717) is 5.33 Å². The molecule has 0 aromatic heterocycles. The van der Waals surface area contributed by atoms with Crippen LogP contribution in [0.4, 0.5) is 8.78 Å². The van der Waals surface area contributed by atoms with E-state index < -0.39 is 27.8 Å². The summed E-state index contributed by atoms with van der Waals surface area (Å²) in [6, 6.07) is 2.12. The maximum atomic E-state index is 13.3. The van der Waals surface area contributed by atoms with Crippen molar-refractivity contribution in [1.82, 2.24) is 0 Å². The number of alkyl halides is 2. The van der Waals surface area contributed by atoms with Crippen LogP contribution in [0.2, 0.25) is 0 Å². The maximum Gasteiger partial charge on any atom is 0.183 e. The highest BCUT2D eigenvalue weighted by atomic mass is 79.9. The van der Waals surface area contributed by atoms with Crippen LogP contribution in [0, 0.1) is 11.6 Å². The molecule has 1 aromatic carbocycles. The summed E-state index contributed by atoms with van der Waals surface area (Å²) in [6.45, 7) is 0. The summed E-state index contributed by atoms with van der Waals surface area (Å²) < 4.78 is 26.9. The second-order valence-electron chi connectivity index (χ2n) is 2.73. The molecule has 6 heteroatoms. The Bertz CT molecular complexity index is 372. The quantitative estimate of drug-likeness (QED) is 0.546.